The van der Waals surface area contributed by atoms with E-state index < -0.39 is 16.7 Å². The Hall–Kier alpha value is -2.50. The van der Waals surface area contributed by atoms with Gasteiger partial charge >= 0.3 is 0 Å². The van der Waals surface area contributed by atoms with E-state index in [0.717, 1.165) is 0 Å². The van der Waals surface area contributed by atoms with Gasteiger partial charge in [0.2, 0.25) is 0 Å². The summed E-state index contributed by atoms with van der Waals surface area (Å²) in [7, 11) is 0. The molecule has 0 aromatic heterocycles. The Labute approximate surface area is 89.7 Å². The third-order valence-corrected chi connectivity index (χ3v) is 2.15. The fourth-order valence-electron chi connectivity index (χ4n) is 1.39. The lowest BCUT2D eigenvalue weighted by Gasteiger charge is -1.99. The van der Waals surface area contributed by atoms with Crippen LogP contribution >= 0.6 is 0 Å². The summed E-state index contributed by atoms with van der Waals surface area (Å²) in [6, 6.07) is 5.43. The van der Waals surface area contributed by atoms with E-state index in [1.54, 1.807) is 0 Å². The number of nitro benzene ring substituents is 1. The maximum absolute atomic E-state index is 11.3. The largest absolute Gasteiger partial charge is 0.289 e. The molecule has 80 valence electrons. The fraction of sp³-hybridized carbons (Fsp3) is 0. The van der Waals surface area contributed by atoms with Crippen LogP contribution in [0, 0.1) is 10.1 Å². The molecule has 1 N–H and O–H groups in total. The van der Waals surface area contributed by atoms with Gasteiger partial charge in [0.15, 0.2) is 0 Å². The number of hydrogen-bond acceptors (Lipinski definition) is 4. The fourth-order valence-corrected chi connectivity index (χ4v) is 1.39. The summed E-state index contributed by atoms with van der Waals surface area (Å²) in [5.41, 5.74) is 0.642. The average molecular weight is 218 g/mol. The van der Waals surface area contributed by atoms with Crippen LogP contribution in [0.15, 0.2) is 30.3 Å². The van der Waals surface area contributed by atoms with Crippen LogP contribution in [0.2, 0.25) is 0 Å². The van der Waals surface area contributed by atoms with Gasteiger partial charge in [-0.3, -0.25) is 25.0 Å². The number of hydrogen-bond donors (Lipinski definition) is 1. The van der Waals surface area contributed by atoms with Crippen LogP contribution in [-0.2, 0) is 9.59 Å². The molecule has 2 amide bonds. The first-order valence-corrected chi connectivity index (χ1v) is 4.40. The van der Waals surface area contributed by atoms with Crippen molar-refractivity contribution in [1.82, 2.24) is 5.32 Å². The van der Waals surface area contributed by atoms with Crippen LogP contribution in [-0.4, -0.2) is 16.7 Å². The van der Waals surface area contributed by atoms with Gasteiger partial charge in [-0.05, 0) is 17.7 Å². The molecule has 0 fully saturated rings. The van der Waals surface area contributed by atoms with E-state index in [1.807, 2.05) is 0 Å². The monoisotopic (exact) mass is 218 g/mol. The lowest BCUT2D eigenvalue weighted by atomic mass is 10.1. The Morgan fingerprint density at radius 3 is 2.19 bits per heavy atom. The topological polar surface area (TPSA) is 89.3 Å². The molecule has 1 aliphatic rings. The van der Waals surface area contributed by atoms with Gasteiger partial charge in [0.25, 0.3) is 17.5 Å². The van der Waals surface area contributed by atoms with Crippen molar-refractivity contribution in [3.05, 3.63) is 46.0 Å². The number of imide groups is 1. The summed E-state index contributed by atoms with van der Waals surface area (Å²) in [5.74, 6) is -0.961. The summed E-state index contributed by atoms with van der Waals surface area (Å²) in [4.78, 5) is 32.0. The number of carbonyl (C=O) groups is 2. The molecular formula is C10H6N2O4. The van der Waals surface area contributed by atoms with Gasteiger partial charge in [0.1, 0.15) is 0 Å². The number of nitrogens with zero attached hydrogens (tertiary/aromatic N) is 1. The molecule has 2 rings (SSSR count). The van der Waals surface area contributed by atoms with Crippen LogP contribution in [0.25, 0.3) is 5.57 Å². The number of rotatable bonds is 2. The van der Waals surface area contributed by atoms with Crippen molar-refractivity contribution in [2.45, 2.75) is 0 Å². The first kappa shape index (κ1) is 10.0. The van der Waals surface area contributed by atoms with Crippen LogP contribution < -0.4 is 5.32 Å². The van der Waals surface area contributed by atoms with Crippen LogP contribution in [0.4, 0.5) is 5.69 Å². The van der Waals surface area contributed by atoms with E-state index in [1.165, 1.54) is 30.3 Å². The maximum Gasteiger partial charge on any atom is 0.269 e. The minimum Gasteiger partial charge on any atom is -0.289 e. The Balaban J connectivity index is 2.36. The molecule has 0 saturated heterocycles. The first-order chi connectivity index (χ1) is 7.58. The van der Waals surface area contributed by atoms with E-state index >= 15 is 0 Å². The number of non-ortho nitro benzene ring substituents is 1. The molecular weight excluding hydrogens is 212 g/mol. The van der Waals surface area contributed by atoms with E-state index in [2.05, 4.69) is 5.32 Å². The van der Waals surface area contributed by atoms with Crippen molar-refractivity contribution < 1.29 is 14.5 Å². The van der Waals surface area contributed by atoms with Crippen molar-refractivity contribution in [3.63, 3.8) is 0 Å². The molecule has 6 nitrogen and oxygen atoms in total. The van der Waals surface area contributed by atoms with Crippen molar-refractivity contribution in [2.75, 3.05) is 0 Å². The highest BCUT2D eigenvalue weighted by molar-refractivity contribution is 6.33. The molecule has 1 aromatic carbocycles. The van der Waals surface area contributed by atoms with Gasteiger partial charge in [-0.15, -0.1) is 0 Å². The number of carbonyl (C=O) groups excluding carboxylic acids is 2. The van der Waals surface area contributed by atoms with E-state index in [9.17, 15) is 19.7 Å². The molecule has 16 heavy (non-hydrogen) atoms. The highest BCUT2D eigenvalue weighted by atomic mass is 16.6. The SMILES string of the molecule is O=C1C=C(c2ccc([N+](=O)[O-])cc2)C(=O)N1. The molecule has 0 unspecified atom stereocenters. The van der Waals surface area contributed by atoms with Crippen molar-refractivity contribution in [1.29, 1.82) is 0 Å². The predicted octanol–water partition coefficient (Wildman–Crippen LogP) is 0.635. The first-order valence-electron chi connectivity index (χ1n) is 4.40. The highest BCUT2D eigenvalue weighted by Crippen LogP contribution is 2.20. The van der Waals surface area contributed by atoms with Crippen molar-refractivity contribution >= 4 is 23.1 Å². The standard InChI is InChI=1S/C10H6N2O4/c13-9-5-8(10(14)11-9)6-1-3-7(4-2-6)12(15)16/h1-5H,(H,11,13,14). The molecule has 0 bridgehead atoms. The van der Waals surface area contributed by atoms with Gasteiger partial charge < -0.3 is 0 Å². The van der Waals surface area contributed by atoms with Crippen molar-refractivity contribution in [2.24, 2.45) is 0 Å². The summed E-state index contributed by atoms with van der Waals surface area (Å²) in [6.45, 7) is 0. The second-order valence-electron chi connectivity index (χ2n) is 3.18. The zero-order valence-electron chi connectivity index (χ0n) is 7.97. The molecule has 0 spiro atoms. The van der Waals surface area contributed by atoms with Crippen molar-refractivity contribution in [3.8, 4) is 0 Å². The van der Waals surface area contributed by atoms with Gasteiger partial charge in [-0.25, -0.2) is 0 Å². The molecule has 6 heteroatoms. The zero-order chi connectivity index (χ0) is 11.7. The summed E-state index contributed by atoms with van der Waals surface area (Å²) in [5, 5.41) is 12.5. The molecule has 0 saturated carbocycles. The third-order valence-electron chi connectivity index (χ3n) is 2.15. The average Bonchev–Trinajstić information content (AvgIpc) is 2.58. The van der Waals surface area contributed by atoms with Crippen LogP contribution in [0.5, 0.6) is 0 Å². The molecule has 1 heterocycles. The quantitative estimate of drug-likeness (QED) is 0.448. The Morgan fingerprint density at radius 1 is 1.12 bits per heavy atom. The van der Waals surface area contributed by atoms with Gasteiger partial charge in [0.05, 0.1) is 10.5 Å². The highest BCUT2D eigenvalue weighted by Gasteiger charge is 2.22. The minimum atomic E-state index is -0.530. The number of amides is 2. The molecule has 0 atom stereocenters. The second-order valence-corrected chi connectivity index (χ2v) is 3.18. The Morgan fingerprint density at radius 2 is 1.75 bits per heavy atom. The van der Waals surface area contributed by atoms with E-state index in [-0.39, 0.29) is 11.3 Å². The van der Waals surface area contributed by atoms with Gasteiger partial charge in [-0.2, -0.15) is 0 Å². The summed E-state index contributed by atoms with van der Waals surface area (Å²) in [6.07, 6.45) is 1.17. The predicted molar refractivity (Wildman–Crippen MR) is 54.2 cm³/mol. The maximum atomic E-state index is 11.3. The van der Waals surface area contributed by atoms with Crippen LogP contribution in [0.3, 0.4) is 0 Å². The van der Waals surface area contributed by atoms with Crippen LogP contribution in [0.1, 0.15) is 5.56 Å². The summed E-state index contributed by atoms with van der Waals surface area (Å²) >= 11 is 0. The summed E-state index contributed by atoms with van der Waals surface area (Å²) < 4.78 is 0. The lowest BCUT2D eigenvalue weighted by molar-refractivity contribution is -0.384. The Kier molecular flexibility index (Phi) is 2.24. The lowest BCUT2D eigenvalue weighted by Crippen LogP contribution is -2.21. The Bertz CT molecular complexity index is 516. The van der Waals surface area contributed by atoms with Gasteiger partial charge in [0, 0.05) is 18.2 Å². The number of benzene rings is 1. The molecule has 1 aliphatic heterocycles. The van der Waals surface area contributed by atoms with E-state index in [0.29, 0.717) is 5.56 Å². The molecule has 0 radical (unpaired) electrons. The second kappa shape index (κ2) is 3.58. The zero-order valence-corrected chi connectivity index (χ0v) is 7.97. The minimum absolute atomic E-state index is 0.0610. The van der Waals surface area contributed by atoms with E-state index in [4.69, 9.17) is 0 Å². The smallest absolute Gasteiger partial charge is 0.269 e. The van der Waals surface area contributed by atoms with Gasteiger partial charge in [-0.1, -0.05) is 0 Å². The number of nitro groups is 1. The third kappa shape index (κ3) is 1.68. The molecule has 0 aliphatic carbocycles. The normalized spacial score (nSPS) is 14.6. The number of nitrogens with one attached hydrogen (secondary N) is 1. The molecule has 1 aromatic rings.